The van der Waals surface area contributed by atoms with Crippen molar-refractivity contribution in [2.24, 2.45) is 0 Å². The van der Waals surface area contributed by atoms with Crippen molar-refractivity contribution in [2.45, 2.75) is 25.8 Å². The van der Waals surface area contributed by atoms with Gasteiger partial charge in [-0.25, -0.2) is 15.0 Å². The minimum Gasteiger partial charge on any atom is -0.307 e. The van der Waals surface area contributed by atoms with E-state index in [-0.39, 0.29) is 5.41 Å². The van der Waals surface area contributed by atoms with Crippen LogP contribution in [0.2, 0.25) is 0 Å². The SMILES string of the molecule is CC1(C)c2ccccc2-c2ccc3c4ccc(-c5cccc(-c6nc(-c7ccccc7)nc(-c7ccccc7)n6)c5)cc4c4ccccc4c3c21.c1ccc(-n2c3ccccc3c3c4ccccc4c4c5ccccc5n(-c5ccccc5)c4c32)cc1.c1ccc2c(c1)C[n+]1ccccc1-2. The Kier molecular flexibility index (Phi) is 13.9. The smallest absolute Gasteiger partial charge is 0.213 e. The average molecular weight is 1280 g/mol. The third kappa shape index (κ3) is 9.47. The summed E-state index contributed by atoms with van der Waals surface area (Å²) in [6.07, 6.45) is 2.13. The van der Waals surface area contributed by atoms with E-state index in [2.05, 4.69) is 313 Å². The molecule has 6 heteroatoms. The highest BCUT2D eigenvalue weighted by molar-refractivity contribution is 6.36. The standard InChI is InChI=1S/C48H33N3.C34H22N2.C12H10N/c1-48(2)42-23-12-11-21-37(42)40-27-26-39-36-25-24-33(29-41(36)35-20-9-10-22-38(35)43(39)44(40)48)32-18-13-19-34(28-32)47-50-45(30-14-5-3-6-15-30)49-46(51-47)31-16-7-4-8-17-31;1-3-13-23(14-4-1)35-29-21-11-9-19-27(29)31-25-17-7-8-18-26(25)32-28-20-10-12-22-30(28)36(34(32)33(31)35)24-15-5-2-6-16-24;1-2-6-11-10(5-1)9-13-8-4-3-7-12(11)13/h3-29H,1-2H3;1-22H;1-8H,9H2/q;;+1. The molecule has 0 radical (unpaired) electrons. The predicted molar refractivity (Wildman–Crippen MR) is 415 cm³/mol. The number of benzene rings is 15. The number of aromatic nitrogens is 6. The van der Waals surface area contributed by atoms with Gasteiger partial charge < -0.3 is 9.13 Å². The molecule has 0 saturated carbocycles. The molecule has 5 heterocycles. The topological polar surface area (TPSA) is 52.4 Å². The quantitative estimate of drug-likeness (QED) is 0.123. The van der Waals surface area contributed by atoms with Crippen LogP contribution in [-0.4, -0.2) is 24.1 Å². The lowest BCUT2D eigenvalue weighted by Gasteiger charge is -2.24. The molecule has 1 aliphatic heterocycles. The fourth-order valence-corrected chi connectivity index (χ4v) is 16.3. The highest BCUT2D eigenvalue weighted by Crippen LogP contribution is 2.54. The van der Waals surface area contributed by atoms with Crippen LogP contribution in [-0.2, 0) is 12.0 Å². The summed E-state index contributed by atoms with van der Waals surface area (Å²) in [4.78, 5) is 14.9. The summed E-state index contributed by atoms with van der Waals surface area (Å²) in [7, 11) is 0. The highest BCUT2D eigenvalue weighted by Gasteiger charge is 2.37. The van der Waals surface area contributed by atoms with Crippen LogP contribution in [0.1, 0.15) is 30.5 Å². The first kappa shape index (κ1) is 58.5. The van der Waals surface area contributed by atoms with E-state index in [1.54, 1.807) is 0 Å². The van der Waals surface area contributed by atoms with E-state index in [1.807, 2.05) is 60.7 Å². The van der Waals surface area contributed by atoms with Crippen LogP contribution in [0.3, 0.4) is 0 Å². The minimum absolute atomic E-state index is 0.0992. The van der Waals surface area contributed by atoms with E-state index in [0.717, 1.165) is 34.4 Å². The second kappa shape index (κ2) is 23.7. The molecule has 1 aliphatic carbocycles. The largest absolute Gasteiger partial charge is 0.307 e. The van der Waals surface area contributed by atoms with E-state index in [4.69, 9.17) is 15.0 Å². The van der Waals surface area contributed by atoms with E-state index in [9.17, 15) is 0 Å². The van der Waals surface area contributed by atoms with Gasteiger partial charge in [0.2, 0.25) is 5.69 Å². The number of fused-ring (bicyclic) bond motifs is 23. The first-order chi connectivity index (χ1) is 49.4. The highest BCUT2D eigenvalue weighted by atomic mass is 15.1. The Labute approximate surface area is 579 Å². The van der Waals surface area contributed by atoms with E-state index in [1.165, 1.54) is 137 Å². The number of nitrogens with zero attached hydrogens (tertiary/aromatic N) is 6. The van der Waals surface area contributed by atoms with E-state index >= 15 is 0 Å². The van der Waals surface area contributed by atoms with Gasteiger partial charge in [0.15, 0.2) is 30.2 Å². The van der Waals surface area contributed by atoms with Crippen molar-refractivity contribution >= 4 is 86.7 Å². The molecule has 0 unspecified atom stereocenters. The van der Waals surface area contributed by atoms with Gasteiger partial charge in [0.25, 0.3) is 0 Å². The van der Waals surface area contributed by atoms with Gasteiger partial charge >= 0.3 is 0 Å². The van der Waals surface area contributed by atoms with E-state index in [0.29, 0.717) is 17.5 Å². The summed E-state index contributed by atoms with van der Waals surface area (Å²) in [6.45, 7) is 5.78. The lowest BCUT2D eigenvalue weighted by molar-refractivity contribution is -0.672. The molecule has 0 amide bonds. The van der Waals surface area contributed by atoms with Crippen molar-refractivity contribution in [3.05, 3.63) is 363 Å². The number of para-hydroxylation sites is 4. The Morgan fingerprint density at radius 3 is 1.34 bits per heavy atom. The summed E-state index contributed by atoms with van der Waals surface area (Å²) >= 11 is 0. The van der Waals surface area contributed by atoms with Gasteiger partial charge in [-0.3, -0.25) is 0 Å². The Morgan fingerprint density at radius 2 is 0.730 bits per heavy atom. The summed E-state index contributed by atoms with van der Waals surface area (Å²) in [5, 5.41) is 15.5. The van der Waals surface area contributed by atoms with Crippen LogP contribution in [0.4, 0.5) is 0 Å². The number of pyridine rings is 1. The molecule has 19 aromatic rings. The number of rotatable bonds is 6. The summed E-state index contributed by atoms with van der Waals surface area (Å²) in [5.74, 6) is 1.97. The van der Waals surface area contributed by atoms with Gasteiger partial charge in [-0.05, 0) is 137 Å². The van der Waals surface area contributed by atoms with E-state index < -0.39 is 0 Å². The van der Waals surface area contributed by atoms with Gasteiger partial charge in [0.1, 0.15) is 0 Å². The van der Waals surface area contributed by atoms with Crippen LogP contribution in [0.5, 0.6) is 0 Å². The summed E-state index contributed by atoms with van der Waals surface area (Å²) in [5.41, 5.74) is 22.0. The van der Waals surface area contributed by atoms with Crippen molar-refractivity contribution in [1.82, 2.24) is 24.1 Å². The van der Waals surface area contributed by atoms with Crippen molar-refractivity contribution in [2.75, 3.05) is 0 Å². The lowest BCUT2D eigenvalue weighted by Crippen LogP contribution is -2.31. The fourth-order valence-electron chi connectivity index (χ4n) is 16.3. The molecule has 100 heavy (non-hydrogen) atoms. The molecule has 4 aromatic heterocycles. The van der Waals surface area contributed by atoms with Crippen molar-refractivity contribution in [3.8, 4) is 79.0 Å². The van der Waals surface area contributed by atoms with Crippen LogP contribution in [0.25, 0.3) is 166 Å². The zero-order chi connectivity index (χ0) is 66.4. The Hall–Kier alpha value is -12.9. The summed E-state index contributed by atoms with van der Waals surface area (Å²) in [6, 6.07) is 121. The average Bonchev–Trinajstić information content (AvgIpc) is 1.65. The lowest BCUT2D eigenvalue weighted by atomic mass is 9.78. The van der Waals surface area contributed by atoms with Gasteiger partial charge in [-0.2, -0.15) is 4.57 Å². The number of hydrogen-bond acceptors (Lipinski definition) is 3. The molecule has 15 aromatic carbocycles. The molecule has 0 saturated heterocycles. The zero-order valence-electron chi connectivity index (χ0n) is 55.3. The monoisotopic (exact) mass is 1280 g/mol. The molecule has 0 N–H and O–H groups in total. The van der Waals surface area contributed by atoms with Gasteiger partial charge in [-0.1, -0.05) is 281 Å². The normalized spacial score (nSPS) is 12.5. The molecule has 2 aliphatic rings. The molecule has 0 bridgehead atoms. The van der Waals surface area contributed by atoms with Gasteiger partial charge in [0.05, 0.1) is 27.6 Å². The molecular formula is C94H65N6+. The maximum atomic E-state index is 4.99. The molecule has 0 fully saturated rings. The maximum absolute atomic E-state index is 4.99. The Balaban J connectivity index is 0.000000122. The number of hydrogen-bond donors (Lipinski definition) is 0. The van der Waals surface area contributed by atoms with Crippen molar-refractivity contribution < 1.29 is 4.57 Å². The van der Waals surface area contributed by atoms with Crippen molar-refractivity contribution in [3.63, 3.8) is 0 Å². The molecule has 21 rings (SSSR count). The Morgan fingerprint density at radius 1 is 0.300 bits per heavy atom. The van der Waals surface area contributed by atoms with Gasteiger partial charge in [0, 0.05) is 72.7 Å². The van der Waals surface area contributed by atoms with Crippen LogP contribution >= 0.6 is 0 Å². The molecule has 0 atom stereocenters. The molecular weight excluding hydrogens is 1210 g/mol. The summed E-state index contributed by atoms with van der Waals surface area (Å²) < 4.78 is 7.19. The fraction of sp³-hybridized carbons (Fsp3) is 0.0426. The first-order valence-electron chi connectivity index (χ1n) is 34.5. The second-order valence-electron chi connectivity index (χ2n) is 26.7. The second-order valence-corrected chi connectivity index (χ2v) is 26.7. The van der Waals surface area contributed by atoms with Crippen molar-refractivity contribution in [1.29, 1.82) is 0 Å². The van der Waals surface area contributed by atoms with Gasteiger partial charge in [-0.15, -0.1) is 0 Å². The molecule has 0 spiro atoms. The molecule has 470 valence electrons. The Bertz CT molecular complexity index is 6180. The third-order valence-electron chi connectivity index (χ3n) is 20.7. The zero-order valence-corrected chi connectivity index (χ0v) is 55.3. The first-order valence-corrected chi connectivity index (χ1v) is 34.5. The molecule has 6 nitrogen and oxygen atoms in total. The maximum Gasteiger partial charge on any atom is 0.213 e. The van der Waals surface area contributed by atoms with Crippen LogP contribution in [0, 0.1) is 0 Å². The third-order valence-corrected chi connectivity index (χ3v) is 20.7. The minimum atomic E-state index is -0.0992. The van der Waals surface area contributed by atoms with Crippen LogP contribution in [0.15, 0.2) is 346 Å². The van der Waals surface area contributed by atoms with Crippen LogP contribution < -0.4 is 4.57 Å². The predicted octanol–water partition coefficient (Wildman–Crippen LogP) is 23.3.